The average Bonchev–Trinajstić information content (AvgIpc) is 3.04. The van der Waals surface area contributed by atoms with Crippen molar-refractivity contribution in [2.24, 2.45) is 7.05 Å². The summed E-state index contributed by atoms with van der Waals surface area (Å²) >= 11 is 0. The Morgan fingerprint density at radius 2 is 2.00 bits per heavy atom. The number of benzene rings is 1. The molecule has 2 heterocycles. The Bertz CT molecular complexity index is 935. The normalized spacial score (nSPS) is 10.5. The van der Waals surface area contributed by atoms with Crippen molar-refractivity contribution in [2.45, 2.75) is 27.0 Å². The zero-order valence-electron chi connectivity index (χ0n) is 16.4. The fourth-order valence-corrected chi connectivity index (χ4v) is 2.80. The van der Waals surface area contributed by atoms with Gasteiger partial charge in [-0.2, -0.15) is 0 Å². The van der Waals surface area contributed by atoms with E-state index in [1.54, 1.807) is 30.6 Å². The van der Waals surface area contributed by atoms with Crippen LogP contribution in [0.5, 0.6) is 11.5 Å². The summed E-state index contributed by atoms with van der Waals surface area (Å²) in [4.78, 5) is 16.6. The molecule has 0 atom stereocenters. The van der Waals surface area contributed by atoms with Gasteiger partial charge in [0.1, 0.15) is 6.61 Å². The largest absolute Gasteiger partial charge is 0.490 e. The average molecular weight is 379 g/mol. The lowest BCUT2D eigenvalue weighted by molar-refractivity contribution is 0.0949. The number of rotatable bonds is 8. The fraction of sp³-hybridized carbons (Fsp3) is 0.273. The van der Waals surface area contributed by atoms with Crippen molar-refractivity contribution >= 4 is 5.91 Å². The number of pyridine rings is 1. The molecule has 3 aromatic rings. The molecule has 0 unspecified atom stereocenters. The molecule has 1 amide bonds. The van der Waals surface area contributed by atoms with Crippen LogP contribution in [0.4, 0.5) is 0 Å². The predicted octanol–water partition coefficient (Wildman–Crippen LogP) is 3.64. The summed E-state index contributed by atoms with van der Waals surface area (Å²) in [6.07, 6.45) is 3.48. The summed E-state index contributed by atoms with van der Waals surface area (Å²) < 4.78 is 13.6. The number of nitrogens with zero attached hydrogens (tertiary/aromatic N) is 2. The first-order chi connectivity index (χ1) is 13.6. The quantitative estimate of drug-likeness (QED) is 0.649. The molecule has 146 valence electrons. The summed E-state index contributed by atoms with van der Waals surface area (Å²) in [5.41, 5.74) is 3.69. The first-order valence-electron chi connectivity index (χ1n) is 9.26. The molecule has 0 radical (unpaired) electrons. The van der Waals surface area contributed by atoms with Crippen molar-refractivity contribution in [3.05, 3.63) is 77.4 Å². The molecule has 0 bridgehead atoms. The van der Waals surface area contributed by atoms with E-state index in [4.69, 9.17) is 9.47 Å². The maximum Gasteiger partial charge on any atom is 0.251 e. The molecule has 6 nitrogen and oxygen atoms in total. The van der Waals surface area contributed by atoms with Gasteiger partial charge < -0.3 is 19.4 Å². The second-order valence-electron chi connectivity index (χ2n) is 6.45. The minimum atomic E-state index is -0.154. The summed E-state index contributed by atoms with van der Waals surface area (Å²) in [5, 5.41) is 2.95. The molecule has 0 spiro atoms. The maximum absolute atomic E-state index is 12.6. The third-order valence-electron chi connectivity index (χ3n) is 4.53. The van der Waals surface area contributed by atoms with Crippen LogP contribution in [0.15, 0.2) is 54.9 Å². The number of aryl methyl sites for hydroxylation is 1. The SMILES string of the molecule is CCOc1cc(C(=O)NCc2ccc(C)n2C)ccc1OCc1cccnc1. The highest BCUT2D eigenvalue weighted by Crippen LogP contribution is 2.29. The lowest BCUT2D eigenvalue weighted by atomic mass is 10.2. The molecule has 6 heteroatoms. The zero-order valence-corrected chi connectivity index (χ0v) is 16.4. The first kappa shape index (κ1) is 19.5. The van der Waals surface area contributed by atoms with Crippen LogP contribution in [-0.2, 0) is 20.2 Å². The molecule has 0 aliphatic rings. The van der Waals surface area contributed by atoms with E-state index in [1.165, 1.54) is 0 Å². The van der Waals surface area contributed by atoms with E-state index >= 15 is 0 Å². The minimum absolute atomic E-state index is 0.154. The zero-order chi connectivity index (χ0) is 19.9. The summed E-state index contributed by atoms with van der Waals surface area (Å²) in [6.45, 7) is 5.26. The number of nitrogens with one attached hydrogen (secondary N) is 1. The van der Waals surface area contributed by atoms with Crippen molar-refractivity contribution in [1.82, 2.24) is 14.9 Å². The van der Waals surface area contributed by atoms with Gasteiger partial charge in [-0.05, 0) is 50.2 Å². The number of carbonyl (C=O) groups is 1. The van der Waals surface area contributed by atoms with E-state index in [0.717, 1.165) is 17.0 Å². The summed E-state index contributed by atoms with van der Waals surface area (Å²) in [6, 6.07) is 13.1. The topological polar surface area (TPSA) is 65.4 Å². The van der Waals surface area contributed by atoms with Crippen LogP contribution in [0, 0.1) is 6.92 Å². The van der Waals surface area contributed by atoms with Gasteiger partial charge >= 0.3 is 0 Å². The van der Waals surface area contributed by atoms with Gasteiger partial charge in [-0.15, -0.1) is 0 Å². The molecule has 0 aliphatic carbocycles. The first-order valence-corrected chi connectivity index (χ1v) is 9.26. The van der Waals surface area contributed by atoms with Crippen LogP contribution in [-0.4, -0.2) is 22.1 Å². The third kappa shape index (κ3) is 4.71. The Morgan fingerprint density at radius 1 is 1.14 bits per heavy atom. The number of aromatic nitrogens is 2. The highest BCUT2D eigenvalue weighted by molar-refractivity contribution is 5.94. The molecule has 28 heavy (non-hydrogen) atoms. The molecule has 0 fully saturated rings. The van der Waals surface area contributed by atoms with Crippen molar-refractivity contribution in [3.63, 3.8) is 0 Å². The van der Waals surface area contributed by atoms with E-state index in [9.17, 15) is 4.79 Å². The lowest BCUT2D eigenvalue weighted by Gasteiger charge is -2.14. The van der Waals surface area contributed by atoms with E-state index < -0.39 is 0 Å². The molecular weight excluding hydrogens is 354 g/mol. The van der Waals surface area contributed by atoms with Gasteiger partial charge in [-0.3, -0.25) is 9.78 Å². The lowest BCUT2D eigenvalue weighted by Crippen LogP contribution is -2.24. The van der Waals surface area contributed by atoms with Crippen LogP contribution in [0.25, 0.3) is 0 Å². The smallest absolute Gasteiger partial charge is 0.251 e. The van der Waals surface area contributed by atoms with Gasteiger partial charge in [0.25, 0.3) is 5.91 Å². The van der Waals surface area contributed by atoms with E-state index in [2.05, 4.69) is 14.9 Å². The molecule has 0 saturated heterocycles. The van der Waals surface area contributed by atoms with Gasteiger partial charge in [0, 0.05) is 42.0 Å². The number of carbonyl (C=O) groups excluding carboxylic acids is 1. The summed E-state index contributed by atoms with van der Waals surface area (Å²) in [7, 11) is 1.98. The van der Waals surface area contributed by atoms with Crippen LogP contribution >= 0.6 is 0 Å². The van der Waals surface area contributed by atoms with Gasteiger partial charge in [-0.25, -0.2) is 0 Å². The standard InChI is InChI=1S/C22H25N3O3/c1-4-27-21-12-18(22(26)24-14-19-9-7-16(2)25(19)3)8-10-20(21)28-15-17-6-5-11-23-13-17/h5-13H,4,14-15H2,1-3H3,(H,24,26). The molecule has 2 aromatic heterocycles. The van der Waals surface area contributed by atoms with Crippen molar-refractivity contribution in [3.8, 4) is 11.5 Å². The Hall–Kier alpha value is -3.28. The van der Waals surface area contributed by atoms with E-state index in [-0.39, 0.29) is 5.91 Å². The van der Waals surface area contributed by atoms with Gasteiger partial charge in [0.2, 0.25) is 0 Å². The van der Waals surface area contributed by atoms with Gasteiger partial charge in [0.05, 0.1) is 13.2 Å². The van der Waals surface area contributed by atoms with Crippen LogP contribution < -0.4 is 14.8 Å². The highest BCUT2D eigenvalue weighted by Gasteiger charge is 2.12. The maximum atomic E-state index is 12.6. The number of hydrogen-bond acceptors (Lipinski definition) is 4. The Labute approximate surface area is 165 Å². The van der Waals surface area contributed by atoms with Crippen LogP contribution in [0.1, 0.15) is 34.2 Å². The molecule has 1 aromatic carbocycles. The monoisotopic (exact) mass is 379 g/mol. The molecule has 3 rings (SSSR count). The molecule has 0 saturated carbocycles. The minimum Gasteiger partial charge on any atom is -0.490 e. The van der Waals surface area contributed by atoms with Crippen molar-refractivity contribution in [2.75, 3.05) is 6.61 Å². The van der Waals surface area contributed by atoms with E-state index in [0.29, 0.717) is 36.8 Å². The van der Waals surface area contributed by atoms with Crippen molar-refractivity contribution in [1.29, 1.82) is 0 Å². The number of hydrogen-bond donors (Lipinski definition) is 1. The second-order valence-corrected chi connectivity index (χ2v) is 6.45. The Balaban J connectivity index is 1.68. The second kappa shape index (κ2) is 9.08. The van der Waals surface area contributed by atoms with E-state index in [1.807, 2.05) is 45.2 Å². The highest BCUT2D eigenvalue weighted by atomic mass is 16.5. The number of ether oxygens (including phenoxy) is 2. The third-order valence-corrected chi connectivity index (χ3v) is 4.53. The van der Waals surface area contributed by atoms with Crippen LogP contribution in [0.2, 0.25) is 0 Å². The van der Waals surface area contributed by atoms with Gasteiger partial charge in [0.15, 0.2) is 11.5 Å². The summed E-state index contributed by atoms with van der Waals surface area (Å²) in [5.74, 6) is 0.993. The van der Waals surface area contributed by atoms with Crippen LogP contribution in [0.3, 0.4) is 0 Å². The Morgan fingerprint density at radius 3 is 2.68 bits per heavy atom. The molecule has 1 N–H and O–H groups in total. The predicted molar refractivity (Wildman–Crippen MR) is 108 cm³/mol. The van der Waals surface area contributed by atoms with Gasteiger partial charge in [-0.1, -0.05) is 6.07 Å². The fourth-order valence-electron chi connectivity index (χ4n) is 2.80. The molecule has 0 aliphatic heterocycles. The van der Waals surface area contributed by atoms with Crippen molar-refractivity contribution < 1.29 is 14.3 Å². The number of amides is 1. The molecular formula is C22H25N3O3. The Kier molecular flexibility index (Phi) is 6.32.